The summed E-state index contributed by atoms with van der Waals surface area (Å²) in [7, 11) is -3.54. The molecular formula is C8H12N4O3S2. The smallest absolute Gasteiger partial charge is 0.229 e. The maximum Gasteiger partial charge on any atom is 0.229 e. The van der Waals surface area contributed by atoms with Gasteiger partial charge in [-0.05, 0) is 6.92 Å². The molecule has 1 amide bonds. The minimum absolute atomic E-state index is 0.130. The Kier molecular flexibility index (Phi) is 3.15. The molecule has 9 heteroatoms. The van der Waals surface area contributed by atoms with E-state index >= 15 is 0 Å². The van der Waals surface area contributed by atoms with Crippen molar-refractivity contribution in [3.8, 4) is 0 Å². The van der Waals surface area contributed by atoms with E-state index in [9.17, 15) is 13.2 Å². The lowest BCUT2D eigenvalue weighted by molar-refractivity contribution is -0.117. The van der Waals surface area contributed by atoms with Crippen LogP contribution in [-0.2, 0) is 14.8 Å². The molecule has 0 saturated carbocycles. The average molecular weight is 276 g/mol. The van der Waals surface area contributed by atoms with Gasteiger partial charge in [0.2, 0.25) is 21.1 Å². The molecule has 2 rings (SSSR count). The van der Waals surface area contributed by atoms with Crippen molar-refractivity contribution in [3.05, 3.63) is 5.01 Å². The zero-order chi connectivity index (χ0) is 12.6. The van der Waals surface area contributed by atoms with Gasteiger partial charge in [-0.3, -0.25) is 9.69 Å². The second-order valence-corrected chi connectivity index (χ2v) is 6.83. The highest BCUT2D eigenvalue weighted by atomic mass is 32.2. The van der Waals surface area contributed by atoms with Gasteiger partial charge in [-0.15, -0.1) is 10.2 Å². The molecule has 2 heterocycles. The zero-order valence-electron chi connectivity index (χ0n) is 9.16. The van der Waals surface area contributed by atoms with Crippen molar-refractivity contribution in [2.45, 2.75) is 13.3 Å². The van der Waals surface area contributed by atoms with Gasteiger partial charge in [0.05, 0.1) is 5.75 Å². The van der Waals surface area contributed by atoms with Crippen molar-refractivity contribution in [3.63, 3.8) is 0 Å². The number of hydrogen-bond donors (Lipinski definition) is 1. The Morgan fingerprint density at radius 2 is 2.24 bits per heavy atom. The zero-order valence-corrected chi connectivity index (χ0v) is 10.8. The molecule has 1 saturated heterocycles. The van der Waals surface area contributed by atoms with E-state index in [0.29, 0.717) is 11.7 Å². The Labute approximate surface area is 103 Å². The number of primary sulfonamides is 1. The molecule has 1 aliphatic heterocycles. The molecule has 0 bridgehead atoms. The fourth-order valence-electron chi connectivity index (χ4n) is 1.80. The van der Waals surface area contributed by atoms with Crippen LogP contribution in [0.15, 0.2) is 0 Å². The molecule has 2 N–H and O–H groups in total. The quantitative estimate of drug-likeness (QED) is 0.800. The standard InChI is InChI=1S/C8H12N4O3S2/c1-5-10-11-8(16-5)12-3-6(2-7(12)13)4-17(9,14)15/h6H,2-4H2,1H3,(H2,9,14,15). The van der Waals surface area contributed by atoms with Gasteiger partial charge in [0.15, 0.2) is 0 Å². The fourth-order valence-corrected chi connectivity index (χ4v) is 3.40. The van der Waals surface area contributed by atoms with E-state index in [2.05, 4.69) is 10.2 Å². The SMILES string of the molecule is Cc1nnc(N2CC(CS(N)(=O)=O)CC2=O)s1. The topological polar surface area (TPSA) is 106 Å². The number of nitrogens with two attached hydrogens (primary N) is 1. The number of aryl methyl sites for hydroxylation is 1. The van der Waals surface area contributed by atoms with Gasteiger partial charge >= 0.3 is 0 Å². The van der Waals surface area contributed by atoms with Crippen LogP contribution >= 0.6 is 11.3 Å². The van der Waals surface area contributed by atoms with Crippen molar-refractivity contribution in [2.75, 3.05) is 17.2 Å². The summed E-state index contributed by atoms with van der Waals surface area (Å²) in [5, 5.41) is 13.9. The van der Waals surface area contributed by atoms with Gasteiger partial charge in [0.1, 0.15) is 5.01 Å². The number of sulfonamides is 1. The molecule has 1 aliphatic rings. The van der Waals surface area contributed by atoms with Crippen molar-refractivity contribution in [1.29, 1.82) is 0 Å². The maximum atomic E-state index is 11.7. The van der Waals surface area contributed by atoms with Crippen LogP contribution in [0.4, 0.5) is 5.13 Å². The van der Waals surface area contributed by atoms with Crippen LogP contribution in [0.25, 0.3) is 0 Å². The van der Waals surface area contributed by atoms with E-state index in [1.807, 2.05) is 0 Å². The molecule has 1 aromatic heterocycles. The van der Waals surface area contributed by atoms with Crippen LogP contribution < -0.4 is 10.0 Å². The number of rotatable bonds is 3. The van der Waals surface area contributed by atoms with Gasteiger partial charge in [-0.1, -0.05) is 11.3 Å². The van der Waals surface area contributed by atoms with E-state index < -0.39 is 10.0 Å². The van der Waals surface area contributed by atoms with E-state index in [1.54, 1.807) is 6.92 Å². The van der Waals surface area contributed by atoms with Crippen LogP contribution in [0.5, 0.6) is 0 Å². The number of aromatic nitrogens is 2. The lowest BCUT2D eigenvalue weighted by Crippen LogP contribution is -2.27. The number of hydrogen-bond acceptors (Lipinski definition) is 6. The molecule has 17 heavy (non-hydrogen) atoms. The molecule has 1 fully saturated rings. The first-order valence-corrected chi connectivity index (χ1v) is 7.49. The molecule has 0 spiro atoms. The Morgan fingerprint density at radius 3 is 2.76 bits per heavy atom. The largest absolute Gasteiger partial charge is 0.286 e. The second-order valence-electron chi connectivity index (χ2n) is 4.01. The Bertz CT molecular complexity index is 539. The molecule has 0 radical (unpaired) electrons. The molecule has 1 atom stereocenters. The van der Waals surface area contributed by atoms with Crippen LogP contribution in [-0.4, -0.2) is 36.8 Å². The number of amides is 1. The first-order chi connectivity index (χ1) is 7.85. The Morgan fingerprint density at radius 1 is 1.53 bits per heavy atom. The third-order valence-electron chi connectivity index (χ3n) is 2.42. The Hall–Kier alpha value is -1.06. The fraction of sp³-hybridized carbons (Fsp3) is 0.625. The van der Waals surface area contributed by atoms with E-state index in [4.69, 9.17) is 5.14 Å². The summed E-state index contributed by atoms with van der Waals surface area (Å²) in [6, 6.07) is 0. The molecule has 1 unspecified atom stereocenters. The minimum Gasteiger partial charge on any atom is -0.286 e. The van der Waals surface area contributed by atoms with E-state index in [0.717, 1.165) is 5.01 Å². The summed E-state index contributed by atoms with van der Waals surface area (Å²) in [5.74, 6) is -0.566. The number of anilines is 1. The highest BCUT2D eigenvalue weighted by Gasteiger charge is 2.34. The molecule has 0 aromatic carbocycles. The lowest BCUT2D eigenvalue weighted by atomic mass is 10.1. The summed E-state index contributed by atoms with van der Waals surface area (Å²) < 4.78 is 21.9. The second kappa shape index (κ2) is 4.31. The summed E-state index contributed by atoms with van der Waals surface area (Å²) in [5.41, 5.74) is 0. The van der Waals surface area contributed by atoms with Gasteiger partial charge in [0, 0.05) is 18.9 Å². The molecule has 94 valence electrons. The molecule has 1 aromatic rings. The van der Waals surface area contributed by atoms with Crippen LogP contribution in [0.1, 0.15) is 11.4 Å². The lowest BCUT2D eigenvalue weighted by Gasteiger charge is -2.11. The van der Waals surface area contributed by atoms with Crippen LogP contribution in [0.3, 0.4) is 0 Å². The van der Waals surface area contributed by atoms with Crippen molar-refractivity contribution >= 4 is 32.4 Å². The monoisotopic (exact) mass is 276 g/mol. The van der Waals surface area contributed by atoms with Gasteiger partial charge in [0.25, 0.3) is 0 Å². The van der Waals surface area contributed by atoms with E-state index in [1.165, 1.54) is 16.2 Å². The third kappa shape index (κ3) is 2.99. The summed E-state index contributed by atoms with van der Waals surface area (Å²) in [4.78, 5) is 13.2. The number of carbonyl (C=O) groups is 1. The first-order valence-electron chi connectivity index (χ1n) is 4.96. The first kappa shape index (κ1) is 12.4. The third-order valence-corrected chi connectivity index (χ3v) is 4.22. The van der Waals surface area contributed by atoms with Gasteiger partial charge in [-0.25, -0.2) is 13.6 Å². The highest BCUT2D eigenvalue weighted by molar-refractivity contribution is 7.89. The van der Waals surface area contributed by atoms with Gasteiger partial charge < -0.3 is 0 Å². The van der Waals surface area contributed by atoms with Crippen molar-refractivity contribution in [2.24, 2.45) is 11.1 Å². The van der Waals surface area contributed by atoms with Crippen LogP contribution in [0.2, 0.25) is 0 Å². The van der Waals surface area contributed by atoms with E-state index in [-0.39, 0.29) is 24.0 Å². The average Bonchev–Trinajstić information content (AvgIpc) is 2.70. The maximum absolute atomic E-state index is 11.7. The normalized spacial score (nSPS) is 21.2. The number of nitrogens with zero attached hydrogens (tertiary/aromatic N) is 3. The van der Waals surface area contributed by atoms with Crippen molar-refractivity contribution in [1.82, 2.24) is 10.2 Å². The summed E-state index contributed by atoms with van der Waals surface area (Å²) in [6.07, 6.45) is 0.190. The predicted molar refractivity (Wildman–Crippen MR) is 63.1 cm³/mol. The Balaban J connectivity index is 2.10. The molecule has 7 nitrogen and oxygen atoms in total. The summed E-state index contributed by atoms with van der Waals surface area (Å²) >= 11 is 1.31. The minimum atomic E-state index is -3.54. The van der Waals surface area contributed by atoms with Gasteiger partial charge in [-0.2, -0.15) is 0 Å². The highest BCUT2D eigenvalue weighted by Crippen LogP contribution is 2.27. The number of carbonyl (C=O) groups excluding carboxylic acids is 1. The predicted octanol–water partition coefficient (Wildman–Crippen LogP) is -0.512. The van der Waals surface area contributed by atoms with Crippen molar-refractivity contribution < 1.29 is 13.2 Å². The summed E-state index contributed by atoms with van der Waals surface area (Å²) in [6.45, 7) is 2.13. The molecule has 0 aliphatic carbocycles. The van der Waals surface area contributed by atoms with Crippen LogP contribution in [0, 0.1) is 12.8 Å². The molecular weight excluding hydrogens is 264 g/mol.